The normalized spacial score (nSPS) is 24.9. The minimum absolute atomic E-state index is 0.00576. The predicted molar refractivity (Wildman–Crippen MR) is 74.8 cm³/mol. The first kappa shape index (κ1) is 16.0. The average molecular weight is 269 g/mol. The Balaban J connectivity index is 2.68. The second-order valence-electron chi connectivity index (χ2n) is 7.00. The van der Waals surface area contributed by atoms with E-state index >= 15 is 0 Å². The summed E-state index contributed by atoms with van der Waals surface area (Å²) in [6.45, 7) is 9.08. The van der Waals surface area contributed by atoms with Crippen LogP contribution in [0.4, 0.5) is 0 Å². The number of rotatable bonds is 4. The molecule has 0 aliphatic heterocycles. The van der Waals surface area contributed by atoms with Gasteiger partial charge in [-0.15, -0.1) is 0 Å². The highest BCUT2D eigenvalue weighted by atomic mass is 16.4. The van der Waals surface area contributed by atoms with Crippen LogP contribution in [-0.2, 0) is 9.59 Å². The van der Waals surface area contributed by atoms with Gasteiger partial charge >= 0.3 is 5.97 Å². The number of carboxylic acid groups (broad SMARTS) is 1. The maximum atomic E-state index is 12.3. The molecular formula is C15H27NO3. The van der Waals surface area contributed by atoms with E-state index in [4.69, 9.17) is 0 Å². The number of hydrogen-bond acceptors (Lipinski definition) is 2. The van der Waals surface area contributed by atoms with Gasteiger partial charge < -0.3 is 10.4 Å². The topological polar surface area (TPSA) is 66.4 Å². The van der Waals surface area contributed by atoms with Gasteiger partial charge in [0, 0.05) is 11.5 Å². The smallest absolute Gasteiger partial charge is 0.311 e. The molecule has 0 unspecified atom stereocenters. The fourth-order valence-corrected chi connectivity index (χ4v) is 2.36. The highest BCUT2D eigenvalue weighted by Gasteiger charge is 2.45. The Labute approximate surface area is 116 Å². The van der Waals surface area contributed by atoms with Gasteiger partial charge in [0.05, 0.1) is 5.41 Å². The van der Waals surface area contributed by atoms with Crippen molar-refractivity contribution in [2.24, 2.45) is 17.3 Å². The number of hydrogen-bond donors (Lipinski definition) is 2. The molecule has 1 fully saturated rings. The molecule has 1 aliphatic rings. The Morgan fingerprint density at radius 2 is 1.53 bits per heavy atom. The molecule has 0 aromatic carbocycles. The lowest BCUT2D eigenvalue weighted by atomic mass is 9.73. The molecule has 0 radical (unpaired) electrons. The van der Waals surface area contributed by atoms with E-state index in [9.17, 15) is 14.7 Å². The number of carbonyl (C=O) groups excluding carboxylic acids is 1. The van der Waals surface area contributed by atoms with Gasteiger partial charge in [-0.1, -0.05) is 6.92 Å². The van der Waals surface area contributed by atoms with E-state index in [1.807, 2.05) is 0 Å². The quantitative estimate of drug-likeness (QED) is 0.824. The zero-order chi connectivity index (χ0) is 14.8. The van der Waals surface area contributed by atoms with Crippen LogP contribution < -0.4 is 5.32 Å². The highest BCUT2D eigenvalue weighted by molar-refractivity contribution is 5.82. The Hall–Kier alpha value is -1.06. The fraction of sp³-hybridized carbons (Fsp3) is 0.867. The first-order valence-corrected chi connectivity index (χ1v) is 7.13. The zero-order valence-electron chi connectivity index (χ0n) is 12.7. The van der Waals surface area contributed by atoms with Crippen LogP contribution in [0.1, 0.15) is 60.3 Å². The van der Waals surface area contributed by atoms with Gasteiger partial charge in [-0.25, -0.2) is 0 Å². The van der Waals surface area contributed by atoms with Gasteiger partial charge in [-0.3, -0.25) is 9.59 Å². The summed E-state index contributed by atoms with van der Waals surface area (Å²) in [6.07, 6.45) is 3.99. The van der Waals surface area contributed by atoms with Crippen LogP contribution >= 0.6 is 0 Å². The summed E-state index contributed by atoms with van der Waals surface area (Å²) in [6, 6.07) is 0. The minimum atomic E-state index is -0.995. The van der Waals surface area contributed by atoms with E-state index in [0.717, 1.165) is 25.7 Å². The van der Waals surface area contributed by atoms with E-state index in [0.29, 0.717) is 5.92 Å². The first-order valence-electron chi connectivity index (χ1n) is 7.13. The van der Waals surface area contributed by atoms with Crippen LogP contribution in [0, 0.1) is 17.3 Å². The largest absolute Gasteiger partial charge is 0.481 e. The average Bonchev–Trinajstić information content (AvgIpc) is 2.28. The van der Waals surface area contributed by atoms with Crippen molar-refractivity contribution in [3.8, 4) is 0 Å². The molecule has 19 heavy (non-hydrogen) atoms. The summed E-state index contributed by atoms with van der Waals surface area (Å²) >= 11 is 0. The van der Waals surface area contributed by atoms with E-state index in [2.05, 4.69) is 12.2 Å². The summed E-state index contributed by atoms with van der Waals surface area (Å²) in [5, 5.41) is 12.2. The molecule has 0 spiro atoms. The molecule has 0 aromatic rings. The van der Waals surface area contributed by atoms with Crippen LogP contribution in [-0.4, -0.2) is 22.5 Å². The van der Waals surface area contributed by atoms with Crippen LogP contribution in [0.2, 0.25) is 0 Å². The molecule has 4 nitrogen and oxygen atoms in total. The molecule has 4 heteroatoms. The molecule has 2 N–H and O–H groups in total. The monoisotopic (exact) mass is 269 g/mol. The van der Waals surface area contributed by atoms with Crippen molar-refractivity contribution in [2.75, 3.05) is 0 Å². The number of amides is 1. The SMILES string of the molecule is CC1CCC(C(=O)NC(C)(C)C(C)(C)C(=O)O)CC1. The van der Waals surface area contributed by atoms with E-state index < -0.39 is 16.9 Å². The molecule has 110 valence electrons. The van der Waals surface area contributed by atoms with Crippen molar-refractivity contribution in [1.82, 2.24) is 5.32 Å². The Kier molecular flexibility index (Phi) is 4.64. The summed E-state index contributed by atoms with van der Waals surface area (Å²) in [5.41, 5.74) is -1.76. The van der Waals surface area contributed by atoms with Gasteiger partial charge in [-0.2, -0.15) is 0 Å². The van der Waals surface area contributed by atoms with Crippen LogP contribution in [0.25, 0.3) is 0 Å². The summed E-state index contributed by atoms with van der Waals surface area (Å²) in [7, 11) is 0. The third-order valence-electron chi connectivity index (χ3n) is 4.92. The third-order valence-corrected chi connectivity index (χ3v) is 4.92. The third kappa shape index (κ3) is 3.48. The molecule has 0 aromatic heterocycles. The zero-order valence-corrected chi connectivity index (χ0v) is 12.7. The number of carboxylic acids is 1. The van der Waals surface area contributed by atoms with Crippen molar-refractivity contribution < 1.29 is 14.7 Å². The summed E-state index contributed by atoms with van der Waals surface area (Å²) in [4.78, 5) is 23.6. The van der Waals surface area contributed by atoms with E-state index in [-0.39, 0.29) is 11.8 Å². The van der Waals surface area contributed by atoms with Gasteiger partial charge in [0.15, 0.2) is 0 Å². The fourth-order valence-electron chi connectivity index (χ4n) is 2.36. The molecule has 1 saturated carbocycles. The van der Waals surface area contributed by atoms with E-state index in [1.165, 1.54) is 0 Å². The Morgan fingerprint density at radius 3 is 1.95 bits per heavy atom. The molecule has 0 bridgehead atoms. The summed E-state index contributed by atoms with van der Waals surface area (Å²) in [5.74, 6) is -0.145. The molecule has 1 aliphatic carbocycles. The maximum absolute atomic E-state index is 12.3. The second kappa shape index (κ2) is 5.51. The predicted octanol–water partition coefficient (Wildman–Crippen LogP) is 2.82. The van der Waals surface area contributed by atoms with Gasteiger partial charge in [0.1, 0.15) is 0 Å². The molecule has 0 atom stereocenters. The van der Waals surface area contributed by atoms with Crippen LogP contribution in [0.15, 0.2) is 0 Å². The Morgan fingerprint density at radius 1 is 1.05 bits per heavy atom. The van der Waals surface area contributed by atoms with E-state index in [1.54, 1.807) is 27.7 Å². The van der Waals surface area contributed by atoms with Crippen LogP contribution in [0.3, 0.4) is 0 Å². The van der Waals surface area contributed by atoms with Crippen molar-refractivity contribution >= 4 is 11.9 Å². The van der Waals surface area contributed by atoms with Crippen LogP contribution in [0.5, 0.6) is 0 Å². The molecule has 1 amide bonds. The Bertz CT molecular complexity index is 352. The molecule has 0 saturated heterocycles. The molecule has 1 rings (SSSR count). The lowest BCUT2D eigenvalue weighted by Crippen LogP contribution is -2.58. The lowest BCUT2D eigenvalue weighted by Gasteiger charge is -2.40. The highest BCUT2D eigenvalue weighted by Crippen LogP contribution is 2.33. The first-order chi connectivity index (χ1) is 8.58. The van der Waals surface area contributed by atoms with Crippen molar-refractivity contribution in [1.29, 1.82) is 0 Å². The second-order valence-corrected chi connectivity index (χ2v) is 7.00. The number of nitrogens with one attached hydrogen (secondary N) is 1. The molecular weight excluding hydrogens is 242 g/mol. The van der Waals surface area contributed by atoms with Crippen molar-refractivity contribution in [3.63, 3.8) is 0 Å². The molecule has 0 heterocycles. The minimum Gasteiger partial charge on any atom is -0.481 e. The van der Waals surface area contributed by atoms with Gasteiger partial charge in [0.2, 0.25) is 5.91 Å². The number of aliphatic carboxylic acids is 1. The summed E-state index contributed by atoms with van der Waals surface area (Å²) < 4.78 is 0. The number of carbonyl (C=O) groups is 2. The van der Waals surface area contributed by atoms with Crippen molar-refractivity contribution in [2.45, 2.75) is 65.8 Å². The van der Waals surface area contributed by atoms with Gasteiger partial charge in [-0.05, 0) is 59.3 Å². The lowest BCUT2D eigenvalue weighted by molar-refractivity contribution is -0.152. The standard InChI is InChI=1S/C15H27NO3/c1-10-6-8-11(9-7-10)12(17)16-15(4,5)14(2,3)13(18)19/h10-11H,6-9H2,1-5H3,(H,16,17)(H,18,19). The van der Waals surface area contributed by atoms with Crippen molar-refractivity contribution in [3.05, 3.63) is 0 Å². The maximum Gasteiger partial charge on any atom is 0.311 e. The van der Waals surface area contributed by atoms with Gasteiger partial charge in [0.25, 0.3) is 0 Å².